The van der Waals surface area contributed by atoms with E-state index in [1.54, 1.807) is 0 Å². The van der Waals surface area contributed by atoms with Crippen LogP contribution in [0.25, 0.3) is 0 Å². The highest BCUT2D eigenvalue weighted by atomic mass is 16.5. The van der Waals surface area contributed by atoms with Crippen molar-refractivity contribution in [3.63, 3.8) is 0 Å². The van der Waals surface area contributed by atoms with E-state index in [0.717, 1.165) is 24.2 Å². The molecule has 0 atom stereocenters. The van der Waals surface area contributed by atoms with E-state index in [2.05, 4.69) is 9.97 Å². The third-order valence-electron chi connectivity index (χ3n) is 4.07. The minimum Gasteiger partial charge on any atom is -0.375 e. The number of nitrogens with zero attached hydrogens (tertiary/aromatic N) is 3. The number of ether oxygens (including phenoxy) is 1. The van der Waals surface area contributed by atoms with Gasteiger partial charge in [0.05, 0.1) is 0 Å². The van der Waals surface area contributed by atoms with E-state index < -0.39 is 0 Å². The number of amides is 2. The van der Waals surface area contributed by atoms with Gasteiger partial charge in [-0.05, 0) is 32.3 Å². The number of likely N-dealkylation sites (tertiary alicyclic amines) is 1. The van der Waals surface area contributed by atoms with Crippen molar-refractivity contribution in [3.05, 3.63) is 23.3 Å². The Morgan fingerprint density at radius 3 is 2.65 bits per heavy atom. The van der Waals surface area contributed by atoms with Gasteiger partial charge in [0.1, 0.15) is 12.4 Å². The van der Waals surface area contributed by atoms with Crippen molar-refractivity contribution in [2.75, 3.05) is 26.8 Å². The molecule has 7 nitrogen and oxygen atoms in total. The van der Waals surface area contributed by atoms with E-state index >= 15 is 0 Å². The molecule has 0 spiro atoms. The lowest BCUT2D eigenvalue weighted by Gasteiger charge is -2.31. The Labute approximate surface area is 136 Å². The Morgan fingerprint density at radius 2 is 2.04 bits per heavy atom. The maximum atomic E-state index is 11.8. The third kappa shape index (κ3) is 4.99. The van der Waals surface area contributed by atoms with Crippen LogP contribution < -0.4 is 5.73 Å². The molecule has 7 heteroatoms. The number of rotatable bonds is 6. The molecule has 126 valence electrons. The zero-order chi connectivity index (χ0) is 16.8. The van der Waals surface area contributed by atoms with Crippen molar-refractivity contribution in [3.8, 4) is 0 Å². The predicted molar refractivity (Wildman–Crippen MR) is 84.7 cm³/mol. The Bertz CT molecular complexity index is 568. The standard InChI is InChI=1S/C16H24N4O3/c1-11-18-13(3-4-15(17)21)9-14(19-11)12-5-7-20(8-6-12)16(22)10-23-2/h9,12H,3-8,10H2,1-2H3,(H2,17,21). The average Bonchev–Trinajstić information content (AvgIpc) is 2.53. The number of aromatic nitrogens is 2. The average molecular weight is 320 g/mol. The number of carbonyl (C=O) groups excluding carboxylic acids is 2. The molecule has 1 saturated heterocycles. The summed E-state index contributed by atoms with van der Waals surface area (Å²) in [5.74, 6) is 0.732. The number of primary amides is 1. The summed E-state index contributed by atoms with van der Waals surface area (Å²) in [4.78, 5) is 33.5. The summed E-state index contributed by atoms with van der Waals surface area (Å²) >= 11 is 0. The summed E-state index contributed by atoms with van der Waals surface area (Å²) in [6.07, 6.45) is 2.58. The highest BCUT2D eigenvalue weighted by molar-refractivity contribution is 5.77. The van der Waals surface area contributed by atoms with E-state index in [-0.39, 0.29) is 18.4 Å². The Kier molecular flexibility index (Phi) is 6.04. The van der Waals surface area contributed by atoms with Crippen LogP contribution in [0.3, 0.4) is 0 Å². The molecule has 1 aromatic rings. The number of hydrogen-bond donors (Lipinski definition) is 1. The molecule has 2 amide bonds. The topological polar surface area (TPSA) is 98.4 Å². The molecular weight excluding hydrogens is 296 g/mol. The minimum atomic E-state index is -0.326. The number of nitrogens with two attached hydrogens (primary N) is 1. The monoisotopic (exact) mass is 320 g/mol. The van der Waals surface area contributed by atoms with Crippen molar-refractivity contribution in [1.82, 2.24) is 14.9 Å². The summed E-state index contributed by atoms with van der Waals surface area (Å²) < 4.78 is 4.90. The van der Waals surface area contributed by atoms with E-state index in [0.29, 0.717) is 37.7 Å². The van der Waals surface area contributed by atoms with Crippen LogP contribution in [0.5, 0.6) is 0 Å². The van der Waals surface area contributed by atoms with Gasteiger partial charge in [-0.1, -0.05) is 0 Å². The molecule has 0 bridgehead atoms. The molecule has 1 aliphatic rings. The third-order valence-corrected chi connectivity index (χ3v) is 4.07. The SMILES string of the molecule is COCC(=O)N1CCC(c2cc(CCC(N)=O)nc(C)n2)CC1. The van der Waals surface area contributed by atoms with Gasteiger partial charge in [-0.25, -0.2) is 9.97 Å². The number of carbonyl (C=O) groups is 2. The fraction of sp³-hybridized carbons (Fsp3) is 0.625. The molecule has 0 radical (unpaired) electrons. The molecule has 1 aliphatic heterocycles. The largest absolute Gasteiger partial charge is 0.375 e. The maximum absolute atomic E-state index is 11.8. The summed E-state index contributed by atoms with van der Waals surface area (Å²) in [5, 5.41) is 0. The first-order valence-electron chi connectivity index (χ1n) is 7.89. The van der Waals surface area contributed by atoms with E-state index in [4.69, 9.17) is 10.5 Å². The van der Waals surface area contributed by atoms with Crippen LogP contribution in [-0.2, 0) is 20.7 Å². The highest BCUT2D eigenvalue weighted by Crippen LogP contribution is 2.27. The van der Waals surface area contributed by atoms with Crippen molar-refractivity contribution in [2.24, 2.45) is 5.73 Å². The van der Waals surface area contributed by atoms with Crippen molar-refractivity contribution >= 4 is 11.8 Å². The van der Waals surface area contributed by atoms with Gasteiger partial charge in [0.2, 0.25) is 11.8 Å². The Morgan fingerprint density at radius 1 is 1.35 bits per heavy atom. The quantitative estimate of drug-likeness (QED) is 0.825. The molecule has 1 aromatic heterocycles. The first-order chi connectivity index (χ1) is 11.0. The van der Waals surface area contributed by atoms with Crippen molar-refractivity contribution < 1.29 is 14.3 Å². The second-order valence-corrected chi connectivity index (χ2v) is 5.89. The Balaban J connectivity index is 2.00. The molecule has 2 rings (SSSR count). The molecule has 2 N–H and O–H groups in total. The lowest BCUT2D eigenvalue weighted by molar-refractivity contribution is -0.136. The highest BCUT2D eigenvalue weighted by Gasteiger charge is 2.25. The van der Waals surface area contributed by atoms with Crippen molar-refractivity contribution in [1.29, 1.82) is 0 Å². The van der Waals surface area contributed by atoms with Gasteiger partial charge in [0.25, 0.3) is 0 Å². The summed E-state index contributed by atoms with van der Waals surface area (Å²) in [5.41, 5.74) is 7.04. The molecule has 0 aliphatic carbocycles. The van der Waals surface area contributed by atoms with Gasteiger partial charge in [-0.15, -0.1) is 0 Å². The second kappa shape index (κ2) is 8.01. The zero-order valence-corrected chi connectivity index (χ0v) is 13.7. The molecule has 0 saturated carbocycles. The number of methoxy groups -OCH3 is 1. The maximum Gasteiger partial charge on any atom is 0.248 e. The summed E-state index contributed by atoms with van der Waals surface area (Å²) in [7, 11) is 1.53. The number of aryl methyl sites for hydroxylation is 2. The molecule has 23 heavy (non-hydrogen) atoms. The lowest BCUT2D eigenvalue weighted by Crippen LogP contribution is -2.39. The van der Waals surface area contributed by atoms with Crippen LogP contribution in [0, 0.1) is 6.92 Å². The first kappa shape index (κ1) is 17.3. The van der Waals surface area contributed by atoms with Crippen LogP contribution in [0.2, 0.25) is 0 Å². The van der Waals surface area contributed by atoms with Crippen LogP contribution in [0.1, 0.15) is 42.4 Å². The minimum absolute atomic E-state index is 0.0342. The molecule has 0 unspecified atom stereocenters. The molecule has 0 aromatic carbocycles. The van der Waals surface area contributed by atoms with Crippen LogP contribution in [0.15, 0.2) is 6.07 Å². The predicted octanol–water partition coefficient (Wildman–Crippen LogP) is 0.555. The fourth-order valence-corrected chi connectivity index (χ4v) is 2.88. The molecule has 1 fully saturated rings. The molecular formula is C16H24N4O3. The van der Waals surface area contributed by atoms with Gasteiger partial charge in [0.15, 0.2) is 0 Å². The van der Waals surface area contributed by atoms with E-state index in [9.17, 15) is 9.59 Å². The van der Waals surface area contributed by atoms with Crippen LogP contribution in [0.4, 0.5) is 0 Å². The van der Waals surface area contributed by atoms with Gasteiger partial charge in [0, 0.05) is 43.9 Å². The normalized spacial score (nSPS) is 15.7. The molecule has 2 heterocycles. The second-order valence-electron chi connectivity index (χ2n) is 5.89. The first-order valence-corrected chi connectivity index (χ1v) is 7.89. The zero-order valence-electron chi connectivity index (χ0n) is 13.7. The Hall–Kier alpha value is -2.02. The summed E-state index contributed by atoms with van der Waals surface area (Å²) in [6.45, 7) is 3.42. The number of hydrogen-bond acceptors (Lipinski definition) is 5. The van der Waals surface area contributed by atoms with Gasteiger partial charge in [-0.3, -0.25) is 9.59 Å². The lowest BCUT2D eigenvalue weighted by atomic mass is 9.92. The van der Waals surface area contributed by atoms with Gasteiger partial charge >= 0.3 is 0 Å². The van der Waals surface area contributed by atoms with Crippen molar-refractivity contribution in [2.45, 2.75) is 38.5 Å². The van der Waals surface area contributed by atoms with E-state index in [1.165, 1.54) is 7.11 Å². The van der Waals surface area contributed by atoms with Gasteiger partial charge < -0.3 is 15.4 Å². The van der Waals surface area contributed by atoms with Crippen LogP contribution in [-0.4, -0.2) is 53.5 Å². The van der Waals surface area contributed by atoms with Gasteiger partial charge in [-0.2, -0.15) is 0 Å². The fourth-order valence-electron chi connectivity index (χ4n) is 2.88. The summed E-state index contributed by atoms with van der Waals surface area (Å²) in [6, 6.07) is 1.97. The smallest absolute Gasteiger partial charge is 0.248 e. The number of piperidine rings is 1. The van der Waals surface area contributed by atoms with E-state index in [1.807, 2.05) is 17.9 Å². The van der Waals surface area contributed by atoms with Crippen LogP contribution >= 0.6 is 0 Å².